The molecule has 7 nitrogen and oxygen atoms in total. The number of H-pyrrole nitrogens is 1. The molecule has 0 amide bonds. The number of aliphatic hydroxyl groups is 2. The first-order chi connectivity index (χ1) is 16.3. The maximum Gasteiger partial charge on any atom is 0.337 e. The maximum atomic E-state index is 11.9. The number of benzene rings is 2. The van der Waals surface area contributed by atoms with Crippen LogP contribution in [0.4, 0.5) is 0 Å². The standard InChI is InChI=1S/C27H30N2O5/c1-27(12-18-10-16-4-2-3-5-17(16)11-19(18)13-27)28-14-22(31)20-6-8-23(34-25(33)15-30)26-21(20)7-9-24(32)29-26/h6-11,22,28,30-31H,2-5,12-15H2,1H3,(H,29,32)/t22-/m0/s1. The molecule has 1 atom stereocenters. The van der Waals surface area contributed by atoms with Gasteiger partial charge in [0.2, 0.25) is 5.56 Å². The fraction of sp³-hybridized carbons (Fsp3) is 0.407. The summed E-state index contributed by atoms with van der Waals surface area (Å²) in [5.41, 5.74) is 6.25. The second kappa shape index (κ2) is 8.98. The number of carbonyl (C=O) groups excluding carboxylic acids is 1. The molecule has 2 aliphatic rings. The molecule has 178 valence electrons. The van der Waals surface area contributed by atoms with Gasteiger partial charge in [0.15, 0.2) is 5.75 Å². The SMILES string of the molecule is CC1(NC[C@H](O)c2ccc(OC(=O)CO)c3[nH]c(=O)ccc23)Cc2cc3c(cc2C1)CCCC3. The maximum absolute atomic E-state index is 11.9. The van der Waals surface area contributed by atoms with Gasteiger partial charge in [0.1, 0.15) is 6.61 Å². The summed E-state index contributed by atoms with van der Waals surface area (Å²) in [6, 6.07) is 11.0. The lowest BCUT2D eigenvalue weighted by Gasteiger charge is -2.27. The molecule has 0 saturated carbocycles. The second-order valence-electron chi connectivity index (χ2n) is 9.80. The average Bonchev–Trinajstić information content (AvgIpc) is 3.16. The van der Waals surface area contributed by atoms with Crippen LogP contribution >= 0.6 is 0 Å². The molecule has 5 rings (SSSR count). The molecule has 4 N–H and O–H groups in total. The van der Waals surface area contributed by atoms with Gasteiger partial charge in [0.05, 0.1) is 11.6 Å². The molecule has 0 radical (unpaired) electrons. The number of hydrogen-bond donors (Lipinski definition) is 4. The van der Waals surface area contributed by atoms with E-state index in [0.717, 1.165) is 12.8 Å². The Labute approximate surface area is 197 Å². The fourth-order valence-corrected chi connectivity index (χ4v) is 5.48. The van der Waals surface area contributed by atoms with Crippen molar-refractivity contribution < 1.29 is 19.7 Å². The van der Waals surface area contributed by atoms with Crippen LogP contribution in [0.2, 0.25) is 0 Å². The number of aliphatic hydroxyl groups excluding tert-OH is 2. The number of ether oxygens (including phenoxy) is 1. The summed E-state index contributed by atoms with van der Waals surface area (Å²) < 4.78 is 5.15. The number of β-amino-alcohol motifs (C(OH)–C–C–N with tert-alkyl or cyclic N) is 1. The van der Waals surface area contributed by atoms with Gasteiger partial charge in [-0.3, -0.25) is 4.79 Å². The highest BCUT2D eigenvalue weighted by Crippen LogP contribution is 2.35. The molecule has 3 aromatic rings. The van der Waals surface area contributed by atoms with Gasteiger partial charge in [-0.2, -0.15) is 0 Å². The van der Waals surface area contributed by atoms with Crippen LogP contribution in [0.25, 0.3) is 10.9 Å². The topological polar surface area (TPSA) is 112 Å². The number of nitrogens with one attached hydrogen (secondary N) is 2. The van der Waals surface area contributed by atoms with Gasteiger partial charge in [0.25, 0.3) is 0 Å². The molecule has 2 aliphatic carbocycles. The van der Waals surface area contributed by atoms with E-state index >= 15 is 0 Å². The number of carbonyl (C=O) groups is 1. The Morgan fingerprint density at radius 1 is 1.09 bits per heavy atom. The summed E-state index contributed by atoms with van der Waals surface area (Å²) in [5, 5.41) is 24.2. The number of hydrogen-bond acceptors (Lipinski definition) is 6. The van der Waals surface area contributed by atoms with E-state index < -0.39 is 18.7 Å². The molecule has 0 bridgehead atoms. The molecule has 0 aliphatic heterocycles. The molecule has 7 heteroatoms. The third-order valence-corrected chi connectivity index (χ3v) is 7.15. The molecular weight excluding hydrogens is 432 g/mol. The van der Waals surface area contributed by atoms with E-state index in [2.05, 4.69) is 29.4 Å². The Morgan fingerprint density at radius 3 is 2.41 bits per heavy atom. The predicted octanol–water partition coefficient (Wildman–Crippen LogP) is 2.49. The monoisotopic (exact) mass is 462 g/mol. The quantitative estimate of drug-likeness (QED) is 0.331. The lowest BCUT2D eigenvalue weighted by Crippen LogP contribution is -2.45. The minimum Gasteiger partial charge on any atom is -0.423 e. The van der Waals surface area contributed by atoms with Gasteiger partial charge in [-0.05, 0) is 85.4 Å². The van der Waals surface area contributed by atoms with Crippen molar-refractivity contribution in [3.05, 3.63) is 74.6 Å². The molecule has 0 fully saturated rings. The van der Waals surface area contributed by atoms with Crippen molar-refractivity contribution in [2.45, 2.75) is 57.1 Å². The lowest BCUT2D eigenvalue weighted by atomic mass is 9.89. The molecule has 2 aromatic carbocycles. The van der Waals surface area contributed by atoms with Crippen molar-refractivity contribution in [1.82, 2.24) is 10.3 Å². The first-order valence-electron chi connectivity index (χ1n) is 11.9. The van der Waals surface area contributed by atoms with Crippen LogP contribution in [-0.2, 0) is 30.5 Å². The van der Waals surface area contributed by atoms with Crippen LogP contribution in [0.15, 0.2) is 41.2 Å². The fourth-order valence-electron chi connectivity index (χ4n) is 5.48. The number of pyridine rings is 1. The molecule has 34 heavy (non-hydrogen) atoms. The number of aromatic nitrogens is 1. The number of aromatic amines is 1. The van der Waals surface area contributed by atoms with E-state index in [4.69, 9.17) is 9.84 Å². The van der Waals surface area contributed by atoms with Crippen LogP contribution in [0.5, 0.6) is 5.75 Å². The minimum atomic E-state index is -0.829. The van der Waals surface area contributed by atoms with E-state index in [1.54, 1.807) is 12.1 Å². The van der Waals surface area contributed by atoms with E-state index in [0.29, 0.717) is 23.0 Å². The number of rotatable bonds is 6. The largest absolute Gasteiger partial charge is 0.423 e. The molecule has 1 heterocycles. The van der Waals surface area contributed by atoms with Crippen LogP contribution in [-0.4, -0.2) is 39.9 Å². The molecule has 1 aromatic heterocycles. The Hall–Kier alpha value is -3.00. The number of aryl methyl sites for hydroxylation is 2. The van der Waals surface area contributed by atoms with Gasteiger partial charge in [-0.15, -0.1) is 0 Å². The van der Waals surface area contributed by atoms with E-state index in [1.165, 1.54) is 60.1 Å². The summed E-state index contributed by atoms with van der Waals surface area (Å²) in [7, 11) is 0. The predicted molar refractivity (Wildman–Crippen MR) is 129 cm³/mol. The van der Waals surface area contributed by atoms with E-state index in [9.17, 15) is 14.7 Å². The zero-order chi connectivity index (χ0) is 23.9. The van der Waals surface area contributed by atoms with Crippen molar-refractivity contribution in [2.24, 2.45) is 0 Å². The van der Waals surface area contributed by atoms with E-state index in [1.807, 2.05) is 0 Å². The van der Waals surface area contributed by atoms with Crippen LogP contribution in [0.1, 0.15) is 53.7 Å². The smallest absolute Gasteiger partial charge is 0.337 e. The first-order valence-corrected chi connectivity index (χ1v) is 11.9. The molecular formula is C27H30N2O5. The van der Waals surface area contributed by atoms with Crippen molar-refractivity contribution in [2.75, 3.05) is 13.2 Å². The van der Waals surface area contributed by atoms with Crippen molar-refractivity contribution in [3.8, 4) is 5.75 Å². The molecule has 0 spiro atoms. The highest BCUT2D eigenvalue weighted by Gasteiger charge is 2.34. The van der Waals surface area contributed by atoms with Gasteiger partial charge < -0.3 is 25.3 Å². The number of esters is 1. The van der Waals surface area contributed by atoms with Crippen LogP contribution < -0.4 is 15.6 Å². The van der Waals surface area contributed by atoms with E-state index in [-0.39, 0.29) is 16.8 Å². The summed E-state index contributed by atoms with van der Waals surface area (Å²) in [4.78, 5) is 26.1. The summed E-state index contributed by atoms with van der Waals surface area (Å²) in [6.07, 6.45) is 5.90. The molecule has 0 unspecified atom stereocenters. The van der Waals surface area contributed by atoms with Gasteiger partial charge in [-0.25, -0.2) is 4.79 Å². The zero-order valence-corrected chi connectivity index (χ0v) is 19.3. The zero-order valence-electron chi connectivity index (χ0n) is 19.3. The van der Waals surface area contributed by atoms with Crippen molar-refractivity contribution in [1.29, 1.82) is 0 Å². The Bertz CT molecular complexity index is 1280. The van der Waals surface area contributed by atoms with Crippen LogP contribution in [0, 0.1) is 0 Å². The summed E-state index contributed by atoms with van der Waals surface area (Å²) >= 11 is 0. The van der Waals surface area contributed by atoms with Gasteiger partial charge in [0, 0.05) is 23.5 Å². The highest BCUT2D eigenvalue weighted by molar-refractivity contribution is 5.90. The Morgan fingerprint density at radius 2 is 1.76 bits per heavy atom. The first kappa shape index (κ1) is 22.8. The number of fused-ring (bicyclic) bond motifs is 3. The van der Waals surface area contributed by atoms with Gasteiger partial charge >= 0.3 is 5.97 Å². The summed E-state index contributed by atoms with van der Waals surface area (Å²) in [5.74, 6) is -0.686. The minimum absolute atomic E-state index is 0.137. The lowest BCUT2D eigenvalue weighted by molar-refractivity contribution is -0.137. The third kappa shape index (κ3) is 4.39. The Balaban J connectivity index is 1.35. The average molecular weight is 463 g/mol. The Kier molecular flexibility index (Phi) is 6.02. The second-order valence-corrected chi connectivity index (χ2v) is 9.80. The summed E-state index contributed by atoms with van der Waals surface area (Å²) in [6.45, 7) is 1.77. The third-order valence-electron chi connectivity index (χ3n) is 7.15. The normalized spacial score (nSPS) is 17.3. The van der Waals surface area contributed by atoms with Gasteiger partial charge in [-0.1, -0.05) is 18.2 Å². The van der Waals surface area contributed by atoms with Crippen molar-refractivity contribution >= 4 is 16.9 Å². The van der Waals surface area contributed by atoms with Crippen LogP contribution in [0.3, 0.4) is 0 Å². The highest BCUT2D eigenvalue weighted by atomic mass is 16.5. The van der Waals surface area contributed by atoms with Crippen molar-refractivity contribution in [3.63, 3.8) is 0 Å². The molecule has 0 saturated heterocycles.